The number of carbonyl (C=O) groups is 2. The molecule has 0 aliphatic heterocycles. The van der Waals surface area contributed by atoms with Gasteiger partial charge in [0.05, 0.1) is 24.3 Å². The summed E-state index contributed by atoms with van der Waals surface area (Å²) in [5.41, 5.74) is 0.937. The van der Waals surface area contributed by atoms with Crippen molar-refractivity contribution in [3.8, 4) is 11.5 Å². The third kappa shape index (κ3) is 6.97. The number of rotatable bonds is 9. The molecule has 0 saturated carbocycles. The first-order chi connectivity index (χ1) is 13.1. The lowest BCUT2D eigenvalue weighted by atomic mass is 10.2. The zero-order chi connectivity index (χ0) is 19.5. The Balaban J connectivity index is 1.76. The highest BCUT2D eigenvalue weighted by Crippen LogP contribution is 2.27. The molecule has 0 amide bonds. The van der Waals surface area contributed by atoms with Crippen LogP contribution in [0.5, 0.6) is 11.5 Å². The summed E-state index contributed by atoms with van der Waals surface area (Å²) in [6.07, 6.45) is 0. The third-order valence-corrected chi connectivity index (χ3v) is 4.39. The minimum absolute atomic E-state index is 0.156. The Bertz CT molecular complexity index is 777. The normalized spacial score (nSPS) is 10.9. The molecule has 0 fully saturated rings. The summed E-state index contributed by atoms with van der Waals surface area (Å²) in [6, 6.07) is 13.2. The summed E-state index contributed by atoms with van der Waals surface area (Å²) in [6.45, 7) is 4.18. The van der Waals surface area contributed by atoms with Crippen LogP contribution in [0.3, 0.4) is 0 Å². The molecule has 1 unspecified atom stereocenters. The summed E-state index contributed by atoms with van der Waals surface area (Å²) in [4.78, 5) is 23.1. The number of benzene rings is 2. The average molecular weight is 407 g/mol. The predicted molar refractivity (Wildman–Crippen MR) is 104 cm³/mol. The van der Waals surface area contributed by atoms with E-state index in [1.165, 1.54) is 0 Å². The molecule has 0 radical (unpaired) electrons. The van der Waals surface area contributed by atoms with Crippen LogP contribution in [0.15, 0.2) is 53.0 Å². The molecule has 0 spiro atoms. The molecule has 0 bridgehead atoms. The molecule has 1 atom stereocenters. The molecule has 0 aliphatic carbocycles. The molecule has 0 saturated heterocycles. The maximum absolute atomic E-state index is 11.6. The average Bonchev–Trinajstić information content (AvgIpc) is 2.69. The van der Waals surface area contributed by atoms with Gasteiger partial charge in [0, 0.05) is 0 Å². The van der Waals surface area contributed by atoms with E-state index in [9.17, 15) is 9.59 Å². The summed E-state index contributed by atoms with van der Waals surface area (Å²) < 4.78 is 24.9. The van der Waals surface area contributed by atoms with Crippen LogP contribution in [0.2, 0.25) is 0 Å². The van der Waals surface area contributed by atoms with Crippen LogP contribution in [0.4, 0.5) is 0 Å². The lowest BCUT2D eigenvalue weighted by Crippen LogP contribution is -2.03. The molecule has 0 N–H and O–H groups in total. The van der Waals surface area contributed by atoms with Crippen molar-refractivity contribution in [2.24, 2.45) is 4.52 Å². The first-order valence-corrected chi connectivity index (χ1v) is 9.79. The second kappa shape index (κ2) is 11.3. The van der Waals surface area contributed by atoms with Crippen molar-refractivity contribution in [2.75, 3.05) is 13.2 Å². The van der Waals surface area contributed by atoms with Gasteiger partial charge >= 0.3 is 11.9 Å². The van der Waals surface area contributed by atoms with Crippen molar-refractivity contribution in [2.45, 2.75) is 13.8 Å². The topological polar surface area (TPSA) is 83.4 Å². The van der Waals surface area contributed by atoms with Gasteiger partial charge in [-0.05, 0) is 62.4 Å². The maximum Gasteiger partial charge on any atom is 0.338 e. The van der Waals surface area contributed by atoms with Gasteiger partial charge in [0.15, 0.2) is 0 Å². The van der Waals surface area contributed by atoms with Crippen molar-refractivity contribution in [3.63, 3.8) is 0 Å². The Hall–Kier alpha value is -2.49. The van der Waals surface area contributed by atoms with Crippen LogP contribution < -0.4 is 9.05 Å². The zero-order valence-electron chi connectivity index (χ0n) is 14.9. The Morgan fingerprint density at radius 2 is 1.33 bits per heavy atom. The molecular formula is C18H19NO6P2. The van der Waals surface area contributed by atoms with Crippen LogP contribution in [-0.4, -0.2) is 25.2 Å². The summed E-state index contributed by atoms with van der Waals surface area (Å²) >= 11 is 0. The van der Waals surface area contributed by atoms with Gasteiger partial charge in [-0.25, -0.2) is 9.59 Å². The Labute approximate surface area is 160 Å². The third-order valence-electron chi connectivity index (χ3n) is 3.12. The largest absolute Gasteiger partial charge is 0.462 e. The van der Waals surface area contributed by atoms with E-state index < -0.39 is 0 Å². The second-order valence-electron chi connectivity index (χ2n) is 4.96. The van der Waals surface area contributed by atoms with Gasteiger partial charge in [0.2, 0.25) is 17.6 Å². The smallest absolute Gasteiger partial charge is 0.338 e. The van der Waals surface area contributed by atoms with Crippen LogP contribution >= 0.6 is 17.6 Å². The number of hydrogen-bond donors (Lipinski definition) is 0. The quantitative estimate of drug-likeness (QED) is 0.427. The minimum atomic E-state index is -0.366. The number of ether oxygens (including phenoxy) is 2. The van der Waals surface area contributed by atoms with E-state index in [1.807, 2.05) is 0 Å². The highest BCUT2D eigenvalue weighted by atomic mass is 31.1. The molecule has 142 valence electrons. The van der Waals surface area contributed by atoms with Gasteiger partial charge < -0.3 is 18.5 Å². The number of nitrogens with zero attached hydrogens (tertiary/aromatic N) is 1. The first-order valence-electron chi connectivity index (χ1n) is 8.17. The molecule has 2 aromatic rings. The Morgan fingerprint density at radius 1 is 0.852 bits per heavy atom. The van der Waals surface area contributed by atoms with Gasteiger partial charge in [0.1, 0.15) is 11.5 Å². The Kier molecular flexibility index (Phi) is 8.69. The van der Waals surface area contributed by atoms with Gasteiger partial charge in [-0.3, -0.25) is 0 Å². The monoisotopic (exact) mass is 407 g/mol. The van der Waals surface area contributed by atoms with Crippen LogP contribution in [0, 0.1) is 0 Å². The molecular weight excluding hydrogens is 388 g/mol. The van der Waals surface area contributed by atoms with E-state index in [4.69, 9.17) is 18.5 Å². The van der Waals surface area contributed by atoms with Crippen LogP contribution in [-0.2, 0) is 9.47 Å². The van der Waals surface area contributed by atoms with E-state index >= 15 is 0 Å². The van der Waals surface area contributed by atoms with Gasteiger partial charge in [-0.15, -0.1) is 0 Å². The second-order valence-corrected chi connectivity index (χ2v) is 6.49. The molecule has 0 aromatic heterocycles. The fourth-order valence-corrected chi connectivity index (χ4v) is 2.81. The molecule has 0 aliphatic rings. The molecule has 2 rings (SSSR count). The number of hydrogen-bond acceptors (Lipinski definition) is 7. The molecule has 9 heteroatoms. The fraction of sp³-hybridized carbons (Fsp3) is 0.222. The molecule has 27 heavy (non-hydrogen) atoms. The first kappa shape index (κ1) is 20.8. The van der Waals surface area contributed by atoms with E-state index in [-0.39, 0.29) is 20.9 Å². The number of carbonyl (C=O) groups excluding carboxylic acids is 2. The molecule has 7 nitrogen and oxygen atoms in total. The van der Waals surface area contributed by atoms with E-state index in [2.05, 4.69) is 4.52 Å². The lowest BCUT2D eigenvalue weighted by Gasteiger charge is -2.04. The van der Waals surface area contributed by atoms with Crippen molar-refractivity contribution in [3.05, 3.63) is 59.7 Å². The fourth-order valence-electron chi connectivity index (χ4n) is 1.90. The Morgan fingerprint density at radius 3 is 1.81 bits per heavy atom. The highest BCUT2D eigenvalue weighted by molar-refractivity contribution is 7.39. The van der Waals surface area contributed by atoms with Crippen molar-refractivity contribution >= 4 is 29.5 Å². The minimum Gasteiger partial charge on any atom is -0.462 e. The summed E-state index contributed by atoms with van der Waals surface area (Å²) in [5, 5.41) is 0. The summed E-state index contributed by atoms with van der Waals surface area (Å²) in [5.74, 6) is 0.448. The standard InChI is InChI=1S/C18H19NO6P2/c1-3-22-17(20)13-5-9-15(10-6-13)24-26-19-27-25-16-11-7-14(8-12-16)18(21)23-4-2/h5-12,26H,3-4H2,1-2H3. The number of esters is 2. The molecule has 2 aromatic carbocycles. The van der Waals surface area contributed by atoms with E-state index in [0.717, 1.165) is 0 Å². The summed E-state index contributed by atoms with van der Waals surface area (Å²) in [7, 11) is 0.222. The van der Waals surface area contributed by atoms with Gasteiger partial charge in [0.25, 0.3) is 0 Å². The van der Waals surface area contributed by atoms with E-state index in [1.54, 1.807) is 62.4 Å². The van der Waals surface area contributed by atoms with Crippen molar-refractivity contribution < 1.29 is 28.1 Å². The van der Waals surface area contributed by atoms with Crippen LogP contribution in [0.25, 0.3) is 0 Å². The maximum atomic E-state index is 11.6. The SMILES string of the molecule is CCOC(=O)c1ccc(OP=NPOc2ccc(C(=O)OCC)cc2)cc1. The van der Waals surface area contributed by atoms with Gasteiger partial charge in [-0.1, -0.05) is 0 Å². The van der Waals surface area contributed by atoms with Crippen molar-refractivity contribution in [1.82, 2.24) is 0 Å². The van der Waals surface area contributed by atoms with E-state index in [0.29, 0.717) is 44.4 Å². The van der Waals surface area contributed by atoms with Crippen molar-refractivity contribution in [1.29, 1.82) is 0 Å². The van der Waals surface area contributed by atoms with Gasteiger partial charge in [-0.2, -0.15) is 4.52 Å². The predicted octanol–water partition coefficient (Wildman–Crippen LogP) is 5.05. The van der Waals surface area contributed by atoms with Crippen LogP contribution in [0.1, 0.15) is 34.6 Å². The lowest BCUT2D eigenvalue weighted by molar-refractivity contribution is 0.0516. The molecule has 0 heterocycles. The highest BCUT2D eigenvalue weighted by Gasteiger charge is 2.06. The zero-order valence-corrected chi connectivity index (χ0v) is 16.8.